The normalized spacial score (nSPS) is 12.3. The fourth-order valence-electron chi connectivity index (χ4n) is 2.93. The molecule has 0 bridgehead atoms. The number of carbonyl (C=O) groups is 1. The maximum Gasteiger partial charge on any atom is 0.241 e. The number of rotatable bonds is 8. The molecule has 3 rings (SSSR count). The SMILES string of the molecule is Cc1ccc(S(=O)(=O)N[C@H](Cc2ccccc2)C(=O)NCc2ccc(F)cc2)cc1. The van der Waals surface area contributed by atoms with Crippen LogP contribution in [-0.2, 0) is 27.8 Å². The number of benzene rings is 3. The molecule has 3 aromatic rings. The van der Waals surface area contributed by atoms with Crippen LogP contribution in [0.15, 0.2) is 83.8 Å². The van der Waals surface area contributed by atoms with Gasteiger partial charge in [-0.15, -0.1) is 0 Å². The Kier molecular flexibility index (Phi) is 6.97. The van der Waals surface area contributed by atoms with Crippen LogP contribution in [0.3, 0.4) is 0 Å². The van der Waals surface area contributed by atoms with Gasteiger partial charge < -0.3 is 5.32 Å². The van der Waals surface area contributed by atoms with E-state index < -0.39 is 22.0 Å². The summed E-state index contributed by atoms with van der Waals surface area (Å²) in [5, 5.41) is 2.73. The molecule has 0 saturated carbocycles. The molecule has 0 unspecified atom stereocenters. The van der Waals surface area contributed by atoms with Crippen LogP contribution >= 0.6 is 0 Å². The zero-order chi connectivity index (χ0) is 21.6. The van der Waals surface area contributed by atoms with Gasteiger partial charge in [0.25, 0.3) is 0 Å². The van der Waals surface area contributed by atoms with Gasteiger partial charge in [-0.05, 0) is 48.7 Å². The van der Waals surface area contributed by atoms with Crippen LogP contribution in [-0.4, -0.2) is 20.4 Å². The summed E-state index contributed by atoms with van der Waals surface area (Å²) in [4.78, 5) is 12.9. The summed E-state index contributed by atoms with van der Waals surface area (Å²) in [6, 6.07) is 20.4. The minimum absolute atomic E-state index is 0.0949. The quantitative estimate of drug-likeness (QED) is 0.580. The molecule has 0 saturated heterocycles. The molecular weight excluding hydrogens is 403 g/mol. The van der Waals surface area contributed by atoms with Crippen LogP contribution in [0.1, 0.15) is 16.7 Å². The molecule has 1 amide bonds. The molecule has 1 atom stereocenters. The Labute approximate surface area is 176 Å². The molecule has 0 spiro atoms. The van der Waals surface area contributed by atoms with Crippen molar-refractivity contribution in [1.29, 1.82) is 0 Å². The molecule has 0 aliphatic heterocycles. The molecule has 2 N–H and O–H groups in total. The zero-order valence-electron chi connectivity index (χ0n) is 16.5. The second-order valence-corrected chi connectivity index (χ2v) is 8.73. The van der Waals surface area contributed by atoms with Crippen molar-refractivity contribution in [2.24, 2.45) is 0 Å². The lowest BCUT2D eigenvalue weighted by Gasteiger charge is -2.19. The summed E-state index contributed by atoms with van der Waals surface area (Å²) in [5.74, 6) is -0.822. The minimum atomic E-state index is -3.89. The molecule has 5 nitrogen and oxygen atoms in total. The van der Waals surface area contributed by atoms with Crippen molar-refractivity contribution in [3.8, 4) is 0 Å². The molecule has 0 aliphatic carbocycles. The van der Waals surface area contributed by atoms with Crippen molar-refractivity contribution in [3.63, 3.8) is 0 Å². The first kappa shape index (κ1) is 21.7. The van der Waals surface area contributed by atoms with Crippen molar-refractivity contribution in [1.82, 2.24) is 10.0 Å². The molecule has 30 heavy (non-hydrogen) atoms. The third-order valence-corrected chi connectivity index (χ3v) is 6.10. The number of aryl methyl sites for hydroxylation is 1. The number of halogens is 1. The van der Waals surface area contributed by atoms with E-state index >= 15 is 0 Å². The standard InChI is InChI=1S/C23H23FN2O3S/c1-17-7-13-21(14-8-17)30(28,29)26-22(15-18-5-3-2-4-6-18)23(27)25-16-19-9-11-20(24)12-10-19/h2-14,22,26H,15-16H2,1H3,(H,25,27)/t22-/m1/s1. The van der Waals surface area contributed by atoms with Gasteiger partial charge in [0.2, 0.25) is 15.9 Å². The molecule has 0 aliphatic rings. The number of carbonyl (C=O) groups excluding carboxylic acids is 1. The molecule has 0 heterocycles. The lowest BCUT2D eigenvalue weighted by Crippen LogP contribution is -2.47. The van der Waals surface area contributed by atoms with E-state index in [4.69, 9.17) is 0 Å². The first-order chi connectivity index (χ1) is 14.3. The Balaban J connectivity index is 1.77. The summed E-state index contributed by atoms with van der Waals surface area (Å²) in [6.07, 6.45) is 0.196. The van der Waals surface area contributed by atoms with Gasteiger partial charge in [0.1, 0.15) is 11.9 Å². The van der Waals surface area contributed by atoms with E-state index in [1.54, 1.807) is 24.3 Å². The van der Waals surface area contributed by atoms with Crippen molar-refractivity contribution in [2.45, 2.75) is 30.8 Å². The maximum absolute atomic E-state index is 13.1. The Morgan fingerprint density at radius 1 is 0.900 bits per heavy atom. The van der Waals surface area contributed by atoms with Crippen LogP contribution in [0, 0.1) is 12.7 Å². The highest BCUT2D eigenvalue weighted by molar-refractivity contribution is 7.89. The topological polar surface area (TPSA) is 75.3 Å². The molecule has 3 aromatic carbocycles. The van der Waals surface area contributed by atoms with Crippen molar-refractivity contribution >= 4 is 15.9 Å². The summed E-state index contributed by atoms with van der Waals surface area (Å²) in [6.45, 7) is 2.03. The van der Waals surface area contributed by atoms with E-state index in [1.807, 2.05) is 37.3 Å². The van der Waals surface area contributed by atoms with Crippen LogP contribution < -0.4 is 10.0 Å². The van der Waals surface area contributed by atoms with Crippen molar-refractivity contribution in [2.75, 3.05) is 0 Å². The van der Waals surface area contributed by atoms with Gasteiger partial charge in [-0.25, -0.2) is 12.8 Å². The number of nitrogens with one attached hydrogen (secondary N) is 2. The van der Waals surface area contributed by atoms with Crippen molar-refractivity contribution < 1.29 is 17.6 Å². The van der Waals surface area contributed by atoms with Crippen LogP contribution in [0.2, 0.25) is 0 Å². The molecule has 0 aromatic heterocycles. The summed E-state index contributed by atoms with van der Waals surface area (Å²) < 4.78 is 41.2. The van der Waals surface area contributed by atoms with Crippen molar-refractivity contribution in [3.05, 3.63) is 101 Å². The lowest BCUT2D eigenvalue weighted by molar-refractivity contribution is -0.122. The third kappa shape index (κ3) is 5.98. The van der Waals surface area contributed by atoms with Crippen LogP contribution in [0.5, 0.6) is 0 Å². The smallest absolute Gasteiger partial charge is 0.241 e. The summed E-state index contributed by atoms with van der Waals surface area (Å²) >= 11 is 0. The maximum atomic E-state index is 13.1. The molecule has 0 radical (unpaired) electrons. The van der Waals surface area contributed by atoms with E-state index in [2.05, 4.69) is 10.0 Å². The molecule has 156 valence electrons. The van der Waals surface area contributed by atoms with E-state index in [0.29, 0.717) is 5.56 Å². The van der Waals surface area contributed by atoms with Gasteiger partial charge in [-0.2, -0.15) is 4.72 Å². The highest BCUT2D eigenvalue weighted by Crippen LogP contribution is 2.13. The van der Waals surface area contributed by atoms with E-state index in [0.717, 1.165) is 11.1 Å². The summed E-state index contributed by atoms with van der Waals surface area (Å²) in [7, 11) is -3.89. The predicted octanol–water partition coefficient (Wildman–Crippen LogP) is 3.34. The average molecular weight is 427 g/mol. The Morgan fingerprint density at radius 2 is 1.53 bits per heavy atom. The van der Waals surface area contributed by atoms with Gasteiger partial charge in [-0.3, -0.25) is 4.79 Å². The lowest BCUT2D eigenvalue weighted by atomic mass is 10.1. The number of hydrogen-bond acceptors (Lipinski definition) is 3. The second kappa shape index (κ2) is 9.65. The predicted molar refractivity (Wildman–Crippen MR) is 114 cm³/mol. The van der Waals surface area contributed by atoms with E-state index in [1.165, 1.54) is 24.3 Å². The molecule has 7 heteroatoms. The number of hydrogen-bond donors (Lipinski definition) is 2. The minimum Gasteiger partial charge on any atom is -0.351 e. The molecular formula is C23H23FN2O3S. The van der Waals surface area contributed by atoms with E-state index in [9.17, 15) is 17.6 Å². The monoisotopic (exact) mass is 426 g/mol. The number of sulfonamides is 1. The highest BCUT2D eigenvalue weighted by Gasteiger charge is 2.26. The van der Waals surface area contributed by atoms with Gasteiger partial charge in [0, 0.05) is 6.54 Å². The first-order valence-corrected chi connectivity index (χ1v) is 11.0. The van der Waals surface area contributed by atoms with Gasteiger partial charge in [0.15, 0.2) is 0 Å². The Hall–Kier alpha value is -3.03. The summed E-state index contributed by atoms with van der Waals surface area (Å²) in [5.41, 5.74) is 2.47. The van der Waals surface area contributed by atoms with Gasteiger partial charge >= 0.3 is 0 Å². The average Bonchev–Trinajstić information content (AvgIpc) is 2.73. The fourth-order valence-corrected chi connectivity index (χ4v) is 4.12. The highest BCUT2D eigenvalue weighted by atomic mass is 32.2. The zero-order valence-corrected chi connectivity index (χ0v) is 17.3. The second-order valence-electron chi connectivity index (χ2n) is 7.02. The fraction of sp³-hybridized carbons (Fsp3) is 0.174. The van der Waals surface area contributed by atoms with E-state index in [-0.39, 0.29) is 23.7 Å². The van der Waals surface area contributed by atoms with Crippen LogP contribution in [0.4, 0.5) is 4.39 Å². The molecule has 0 fully saturated rings. The largest absolute Gasteiger partial charge is 0.351 e. The van der Waals surface area contributed by atoms with Gasteiger partial charge in [-0.1, -0.05) is 60.2 Å². The van der Waals surface area contributed by atoms with Crippen LogP contribution in [0.25, 0.3) is 0 Å². The number of amides is 1. The van der Waals surface area contributed by atoms with Gasteiger partial charge in [0.05, 0.1) is 4.90 Å². The Bertz CT molecular complexity index is 1080. The first-order valence-electron chi connectivity index (χ1n) is 9.48. The third-order valence-electron chi connectivity index (χ3n) is 4.61. The Morgan fingerprint density at radius 3 is 2.17 bits per heavy atom.